The van der Waals surface area contributed by atoms with Crippen molar-refractivity contribution in [3.8, 4) is 5.75 Å². The van der Waals surface area contributed by atoms with Crippen LogP contribution in [0, 0.1) is 0 Å². The molecule has 3 aliphatic rings. The first kappa shape index (κ1) is 24.2. The molecular formula is C26H34N4O4S. The van der Waals surface area contributed by atoms with Crippen LogP contribution in [-0.2, 0) is 27.6 Å². The van der Waals surface area contributed by atoms with Crippen molar-refractivity contribution >= 4 is 21.8 Å². The summed E-state index contributed by atoms with van der Waals surface area (Å²) in [5, 5.41) is 3.25. The molecule has 35 heavy (non-hydrogen) atoms. The smallest absolute Gasteiger partial charge is 0.243 e. The number of methoxy groups -OCH3 is 1. The van der Waals surface area contributed by atoms with Crippen molar-refractivity contribution in [3.05, 3.63) is 52.9 Å². The molecule has 0 saturated carbocycles. The highest BCUT2D eigenvalue weighted by Crippen LogP contribution is 2.31. The maximum Gasteiger partial charge on any atom is 0.243 e. The maximum atomic E-state index is 13.4. The van der Waals surface area contributed by atoms with Gasteiger partial charge < -0.3 is 14.8 Å². The molecule has 2 aromatic rings. The van der Waals surface area contributed by atoms with Crippen molar-refractivity contribution in [3.63, 3.8) is 0 Å². The van der Waals surface area contributed by atoms with E-state index in [1.807, 2.05) is 13.1 Å². The summed E-state index contributed by atoms with van der Waals surface area (Å²) in [5.74, 6) is 0.570. The van der Waals surface area contributed by atoms with E-state index in [9.17, 15) is 8.42 Å². The van der Waals surface area contributed by atoms with Crippen LogP contribution in [-0.4, -0.2) is 82.2 Å². The predicted molar refractivity (Wildman–Crippen MR) is 136 cm³/mol. The number of pyridine rings is 1. The van der Waals surface area contributed by atoms with Gasteiger partial charge in [0.25, 0.3) is 0 Å². The summed E-state index contributed by atoms with van der Waals surface area (Å²) in [6, 6.07) is 7.71. The number of hydrogen-bond acceptors (Lipinski definition) is 7. The van der Waals surface area contributed by atoms with Crippen LogP contribution in [0.15, 0.2) is 35.2 Å². The highest BCUT2D eigenvalue weighted by atomic mass is 32.2. The van der Waals surface area contributed by atoms with Gasteiger partial charge in [-0.05, 0) is 25.0 Å². The van der Waals surface area contributed by atoms with E-state index >= 15 is 0 Å². The Morgan fingerprint density at radius 2 is 1.91 bits per heavy atom. The number of ether oxygens (including phenoxy) is 2. The van der Waals surface area contributed by atoms with Gasteiger partial charge >= 0.3 is 0 Å². The molecule has 2 fully saturated rings. The van der Waals surface area contributed by atoms with Gasteiger partial charge in [0.15, 0.2) is 0 Å². The number of nitrogens with one attached hydrogen (secondary N) is 1. The average molecular weight is 499 g/mol. The molecule has 188 valence electrons. The number of morpholine rings is 1. The number of rotatable bonds is 7. The van der Waals surface area contributed by atoms with Gasteiger partial charge in [0.2, 0.25) is 10.0 Å². The molecule has 0 atom stereocenters. The van der Waals surface area contributed by atoms with E-state index in [0.717, 1.165) is 73.8 Å². The number of piperidine rings is 1. The zero-order valence-electron chi connectivity index (χ0n) is 20.5. The number of aromatic nitrogens is 1. The fraction of sp³-hybridized carbons (Fsp3) is 0.500. The van der Waals surface area contributed by atoms with Gasteiger partial charge in [0.05, 0.1) is 30.9 Å². The van der Waals surface area contributed by atoms with Crippen LogP contribution in [0.4, 0.5) is 5.69 Å². The minimum absolute atomic E-state index is 0.282. The summed E-state index contributed by atoms with van der Waals surface area (Å²) in [7, 11) is -0.0832. The first-order chi connectivity index (χ1) is 17.0. The molecule has 0 unspecified atom stereocenters. The third-order valence-electron chi connectivity index (χ3n) is 7.31. The van der Waals surface area contributed by atoms with Gasteiger partial charge in [-0.15, -0.1) is 0 Å². The summed E-state index contributed by atoms with van der Waals surface area (Å²) in [6.45, 7) is 4.46. The van der Waals surface area contributed by atoms with Crippen LogP contribution in [0.1, 0.15) is 35.4 Å². The van der Waals surface area contributed by atoms with Crippen molar-refractivity contribution in [1.29, 1.82) is 0 Å². The van der Waals surface area contributed by atoms with Gasteiger partial charge in [0, 0.05) is 80.7 Å². The number of hydrogen-bond donors (Lipinski definition) is 1. The second-order valence-corrected chi connectivity index (χ2v) is 11.2. The van der Waals surface area contributed by atoms with Gasteiger partial charge in [-0.3, -0.25) is 9.88 Å². The minimum atomic E-state index is -3.58. The molecule has 5 rings (SSSR count). The van der Waals surface area contributed by atoms with Gasteiger partial charge in [0.1, 0.15) is 5.75 Å². The Kier molecular flexibility index (Phi) is 7.11. The summed E-state index contributed by atoms with van der Waals surface area (Å²) >= 11 is 0. The second-order valence-electron chi connectivity index (χ2n) is 9.31. The number of allylic oxidation sites excluding steroid dienone is 1. The summed E-state index contributed by atoms with van der Waals surface area (Å²) in [5.41, 5.74) is 5.10. The van der Waals surface area contributed by atoms with E-state index in [0.29, 0.717) is 31.3 Å². The lowest BCUT2D eigenvalue weighted by Gasteiger charge is -2.39. The van der Waals surface area contributed by atoms with Crippen molar-refractivity contribution in [2.75, 3.05) is 58.9 Å². The lowest BCUT2D eigenvalue weighted by atomic mass is 10.0. The Morgan fingerprint density at radius 1 is 1.14 bits per heavy atom. The van der Waals surface area contributed by atoms with Crippen LogP contribution in [0.5, 0.6) is 5.75 Å². The van der Waals surface area contributed by atoms with E-state index in [1.54, 1.807) is 23.5 Å². The number of anilines is 1. The molecular weight excluding hydrogens is 464 g/mol. The van der Waals surface area contributed by atoms with Crippen LogP contribution >= 0.6 is 0 Å². The molecule has 0 amide bonds. The maximum absolute atomic E-state index is 13.4. The summed E-state index contributed by atoms with van der Waals surface area (Å²) in [4.78, 5) is 7.55. The van der Waals surface area contributed by atoms with Crippen molar-refractivity contribution in [1.82, 2.24) is 14.2 Å². The molecule has 8 nitrogen and oxygen atoms in total. The Hall–Kier alpha value is -2.46. The van der Waals surface area contributed by atoms with Gasteiger partial charge in [-0.1, -0.05) is 18.2 Å². The molecule has 0 spiro atoms. The van der Waals surface area contributed by atoms with E-state index in [-0.39, 0.29) is 4.90 Å². The zero-order valence-corrected chi connectivity index (χ0v) is 21.3. The summed E-state index contributed by atoms with van der Waals surface area (Å²) in [6.07, 6.45) is 7.31. The predicted octanol–water partition coefficient (Wildman–Crippen LogP) is 2.78. The summed E-state index contributed by atoms with van der Waals surface area (Å²) < 4.78 is 39.6. The topological polar surface area (TPSA) is 84.0 Å². The average Bonchev–Trinajstić information content (AvgIpc) is 3.38. The molecule has 2 aliphatic heterocycles. The largest absolute Gasteiger partial charge is 0.496 e. The van der Waals surface area contributed by atoms with Gasteiger partial charge in [-0.25, -0.2) is 8.42 Å². The van der Waals surface area contributed by atoms with E-state index in [1.165, 1.54) is 0 Å². The Labute approximate surface area is 208 Å². The quantitative estimate of drug-likeness (QED) is 0.628. The molecule has 2 saturated heterocycles. The molecule has 1 aromatic carbocycles. The fourth-order valence-electron chi connectivity index (χ4n) is 5.36. The minimum Gasteiger partial charge on any atom is -0.496 e. The van der Waals surface area contributed by atoms with Crippen LogP contribution in [0.3, 0.4) is 0 Å². The van der Waals surface area contributed by atoms with E-state index in [2.05, 4.69) is 28.4 Å². The SMILES string of the molecule is CNc1cc(Cc2ccc(S(=O)(=O)N3CCC(N4CCOCC4)CC3)cc2OC)nc2c1C=CC2. The standard InChI is InChI=1S/C26H34N4O4S/c1-27-25-17-20(28-24-5-3-4-23(24)25)16-19-6-7-22(18-26(19)33-2)35(31,32)30-10-8-21(9-11-30)29-12-14-34-15-13-29/h3-4,6-7,17-18,21H,5,8-16H2,1-2H3,(H,27,28). The van der Waals surface area contributed by atoms with E-state index in [4.69, 9.17) is 14.5 Å². The Balaban J connectivity index is 1.31. The van der Waals surface area contributed by atoms with Crippen LogP contribution in [0.25, 0.3) is 6.08 Å². The van der Waals surface area contributed by atoms with Gasteiger partial charge in [-0.2, -0.15) is 4.31 Å². The molecule has 1 aromatic heterocycles. The zero-order chi connectivity index (χ0) is 24.4. The molecule has 1 aliphatic carbocycles. The third kappa shape index (κ3) is 4.95. The van der Waals surface area contributed by atoms with Crippen LogP contribution in [0.2, 0.25) is 0 Å². The Bertz CT molecular complexity index is 1200. The third-order valence-corrected chi connectivity index (χ3v) is 9.20. The molecule has 1 N–H and O–H groups in total. The molecule has 3 heterocycles. The highest BCUT2D eigenvalue weighted by Gasteiger charge is 2.32. The van der Waals surface area contributed by atoms with Crippen molar-refractivity contribution in [2.24, 2.45) is 0 Å². The fourth-order valence-corrected chi connectivity index (χ4v) is 6.84. The molecule has 0 radical (unpaired) electrons. The lowest BCUT2D eigenvalue weighted by molar-refractivity contribution is 0.00610. The number of benzene rings is 1. The first-order valence-corrected chi connectivity index (χ1v) is 13.8. The normalized spacial score (nSPS) is 19.6. The van der Waals surface area contributed by atoms with Crippen molar-refractivity contribution < 1.29 is 17.9 Å². The lowest BCUT2D eigenvalue weighted by Crippen LogP contribution is -2.50. The first-order valence-electron chi connectivity index (χ1n) is 12.4. The number of sulfonamides is 1. The molecule has 0 bridgehead atoms. The monoisotopic (exact) mass is 498 g/mol. The second kappa shape index (κ2) is 10.3. The van der Waals surface area contributed by atoms with Crippen molar-refractivity contribution in [2.45, 2.75) is 36.6 Å². The Morgan fingerprint density at radius 3 is 2.63 bits per heavy atom. The number of nitrogens with zero attached hydrogens (tertiary/aromatic N) is 3. The highest BCUT2D eigenvalue weighted by molar-refractivity contribution is 7.89. The van der Waals surface area contributed by atoms with Crippen LogP contribution < -0.4 is 10.1 Å². The van der Waals surface area contributed by atoms with E-state index < -0.39 is 10.0 Å². The molecule has 9 heteroatoms. The number of fused-ring (bicyclic) bond motifs is 1.